The van der Waals surface area contributed by atoms with Crippen molar-refractivity contribution < 1.29 is 4.79 Å². The average molecular weight is 375 g/mol. The van der Waals surface area contributed by atoms with E-state index in [4.69, 9.17) is 15.7 Å². The van der Waals surface area contributed by atoms with E-state index in [1.807, 2.05) is 24.4 Å². The van der Waals surface area contributed by atoms with Crippen LogP contribution in [0.4, 0.5) is 5.82 Å². The number of benzene rings is 1. The van der Waals surface area contributed by atoms with Gasteiger partial charge in [-0.05, 0) is 50.6 Å². The lowest BCUT2D eigenvalue weighted by Crippen LogP contribution is -2.08. The fourth-order valence-corrected chi connectivity index (χ4v) is 3.60. The van der Waals surface area contributed by atoms with Gasteiger partial charge >= 0.3 is 0 Å². The summed E-state index contributed by atoms with van der Waals surface area (Å²) in [6.45, 7) is 0.526. The third-order valence-electron chi connectivity index (χ3n) is 5.60. The summed E-state index contributed by atoms with van der Waals surface area (Å²) >= 11 is 0. The van der Waals surface area contributed by atoms with Gasteiger partial charge in [0.2, 0.25) is 0 Å². The van der Waals surface area contributed by atoms with Gasteiger partial charge in [-0.25, -0.2) is 15.0 Å². The summed E-state index contributed by atoms with van der Waals surface area (Å²) in [5.74, 6) is 2.58. The van der Waals surface area contributed by atoms with Crippen LogP contribution in [0.25, 0.3) is 21.8 Å². The number of Topliss-reactive ketones (excluding diaryl/α,β-unsaturated/α-hetero) is 1. The zero-order valence-electron chi connectivity index (χ0n) is 15.9. The Morgan fingerprint density at radius 2 is 2.00 bits per heavy atom. The number of aromatic nitrogens is 3. The molecule has 144 valence electrons. The molecule has 3 N–H and O–H groups in total. The van der Waals surface area contributed by atoms with Gasteiger partial charge in [-0.1, -0.05) is 12.1 Å². The van der Waals surface area contributed by atoms with E-state index in [2.05, 4.69) is 10.3 Å². The lowest BCUT2D eigenvalue weighted by molar-refractivity contribution is 0.0981. The molecule has 0 spiro atoms. The first kappa shape index (κ1) is 17.5. The number of nitrogens with zero attached hydrogens (tertiary/aromatic N) is 3. The highest BCUT2D eigenvalue weighted by Gasteiger charge is 2.25. The molecular weight excluding hydrogens is 350 g/mol. The fraction of sp³-hybridized carbons (Fsp3) is 0.455. The summed E-state index contributed by atoms with van der Waals surface area (Å²) in [5, 5.41) is 5.51. The van der Waals surface area contributed by atoms with E-state index in [9.17, 15) is 4.79 Å². The second kappa shape index (κ2) is 7.09. The third kappa shape index (κ3) is 3.56. The molecular formula is C22H25N5O. The van der Waals surface area contributed by atoms with Crippen molar-refractivity contribution in [3.8, 4) is 0 Å². The maximum Gasteiger partial charge on any atom is 0.163 e. The standard InChI is InChI=1S/C22H25N5O/c23-9-1-2-19(28)14-5-8-16-17-12-24-20(10-13-3-4-13)27-21(17)22(25-15-6-7-15)26-18(16)11-14/h5,8,11-13,15H,1-4,6-7,9-10,23H2,(H,25,26). The highest BCUT2D eigenvalue weighted by atomic mass is 16.1. The Kier molecular flexibility index (Phi) is 4.43. The predicted octanol–water partition coefficient (Wildman–Crippen LogP) is 3.63. The molecule has 6 nitrogen and oxygen atoms in total. The first-order chi connectivity index (χ1) is 13.7. The van der Waals surface area contributed by atoms with E-state index in [1.54, 1.807) is 0 Å². The predicted molar refractivity (Wildman–Crippen MR) is 111 cm³/mol. The molecule has 2 saturated carbocycles. The van der Waals surface area contributed by atoms with Gasteiger partial charge in [0, 0.05) is 41.4 Å². The van der Waals surface area contributed by atoms with Crippen LogP contribution in [0.5, 0.6) is 0 Å². The smallest absolute Gasteiger partial charge is 0.163 e. The van der Waals surface area contributed by atoms with Crippen LogP contribution in [0.2, 0.25) is 0 Å². The molecule has 2 heterocycles. The van der Waals surface area contributed by atoms with Crippen molar-refractivity contribution in [2.45, 2.75) is 51.0 Å². The number of nitrogens with one attached hydrogen (secondary N) is 1. The normalized spacial score (nSPS) is 16.6. The topological polar surface area (TPSA) is 93.8 Å². The van der Waals surface area contributed by atoms with Crippen molar-refractivity contribution >= 4 is 33.4 Å². The van der Waals surface area contributed by atoms with Crippen molar-refractivity contribution in [3.63, 3.8) is 0 Å². The van der Waals surface area contributed by atoms with Gasteiger partial charge < -0.3 is 11.1 Å². The van der Waals surface area contributed by atoms with Crippen LogP contribution in [-0.2, 0) is 6.42 Å². The fourth-order valence-electron chi connectivity index (χ4n) is 3.60. The number of fused-ring (bicyclic) bond motifs is 3. The molecule has 6 heteroatoms. The van der Waals surface area contributed by atoms with E-state index < -0.39 is 0 Å². The quantitative estimate of drug-likeness (QED) is 0.461. The van der Waals surface area contributed by atoms with Crippen molar-refractivity contribution in [1.29, 1.82) is 0 Å². The summed E-state index contributed by atoms with van der Waals surface area (Å²) in [7, 11) is 0. The van der Waals surface area contributed by atoms with Crippen molar-refractivity contribution in [1.82, 2.24) is 15.0 Å². The van der Waals surface area contributed by atoms with Crippen LogP contribution < -0.4 is 11.1 Å². The van der Waals surface area contributed by atoms with Crippen LogP contribution >= 0.6 is 0 Å². The molecule has 0 aliphatic heterocycles. The van der Waals surface area contributed by atoms with E-state index >= 15 is 0 Å². The van der Waals surface area contributed by atoms with Gasteiger partial charge in [0.1, 0.15) is 11.3 Å². The molecule has 2 aromatic heterocycles. The van der Waals surface area contributed by atoms with E-state index in [1.165, 1.54) is 25.7 Å². The van der Waals surface area contributed by atoms with Crippen LogP contribution in [0.3, 0.4) is 0 Å². The molecule has 0 atom stereocenters. The van der Waals surface area contributed by atoms with Crippen LogP contribution in [0.15, 0.2) is 24.4 Å². The first-order valence-electron chi connectivity index (χ1n) is 10.3. The minimum Gasteiger partial charge on any atom is -0.366 e. The zero-order valence-corrected chi connectivity index (χ0v) is 15.9. The number of nitrogens with two attached hydrogens (primary N) is 1. The average Bonchev–Trinajstić information content (AvgIpc) is 3.63. The van der Waals surface area contributed by atoms with Crippen molar-refractivity contribution in [3.05, 3.63) is 35.8 Å². The van der Waals surface area contributed by atoms with E-state index in [0.717, 1.165) is 45.8 Å². The molecule has 2 aliphatic carbocycles. The number of hydrogen-bond acceptors (Lipinski definition) is 6. The molecule has 0 amide bonds. The molecule has 5 rings (SSSR count). The van der Waals surface area contributed by atoms with Crippen LogP contribution in [-0.4, -0.2) is 33.3 Å². The maximum absolute atomic E-state index is 12.4. The Labute approximate surface area is 164 Å². The summed E-state index contributed by atoms with van der Waals surface area (Å²) < 4.78 is 0. The second-order valence-corrected chi connectivity index (χ2v) is 8.12. The highest BCUT2D eigenvalue weighted by Crippen LogP contribution is 2.34. The summed E-state index contributed by atoms with van der Waals surface area (Å²) in [5.41, 5.74) is 7.94. The number of hydrogen-bond donors (Lipinski definition) is 2. The number of carbonyl (C=O) groups excluding carboxylic acids is 1. The van der Waals surface area contributed by atoms with E-state index in [0.29, 0.717) is 31.0 Å². The Bertz CT molecular complexity index is 1060. The SMILES string of the molecule is NCCCC(=O)c1ccc2c(c1)nc(NC1CC1)c1nc(CC3CC3)ncc12. The Hall–Kier alpha value is -2.60. The Morgan fingerprint density at radius 3 is 2.75 bits per heavy atom. The lowest BCUT2D eigenvalue weighted by Gasteiger charge is -2.12. The van der Waals surface area contributed by atoms with Crippen LogP contribution in [0.1, 0.15) is 54.7 Å². The molecule has 2 aliphatic rings. The molecule has 0 bridgehead atoms. The van der Waals surface area contributed by atoms with Crippen molar-refractivity contribution in [2.24, 2.45) is 11.7 Å². The first-order valence-corrected chi connectivity index (χ1v) is 10.3. The van der Waals surface area contributed by atoms with Crippen LogP contribution in [0, 0.1) is 5.92 Å². The van der Waals surface area contributed by atoms with Gasteiger partial charge in [-0.15, -0.1) is 0 Å². The van der Waals surface area contributed by atoms with Gasteiger partial charge in [0.05, 0.1) is 5.52 Å². The third-order valence-corrected chi connectivity index (χ3v) is 5.60. The Balaban J connectivity index is 1.60. The van der Waals surface area contributed by atoms with Crippen molar-refractivity contribution in [2.75, 3.05) is 11.9 Å². The second-order valence-electron chi connectivity index (χ2n) is 8.12. The molecule has 0 saturated heterocycles. The molecule has 28 heavy (non-hydrogen) atoms. The van der Waals surface area contributed by atoms with Gasteiger partial charge in [-0.3, -0.25) is 4.79 Å². The number of anilines is 1. The number of rotatable bonds is 8. The molecule has 0 unspecified atom stereocenters. The maximum atomic E-state index is 12.4. The van der Waals surface area contributed by atoms with Gasteiger partial charge in [-0.2, -0.15) is 0 Å². The zero-order chi connectivity index (χ0) is 19.1. The molecule has 2 fully saturated rings. The minimum absolute atomic E-state index is 0.113. The lowest BCUT2D eigenvalue weighted by atomic mass is 10.0. The van der Waals surface area contributed by atoms with E-state index in [-0.39, 0.29) is 5.78 Å². The number of pyridine rings is 1. The minimum atomic E-state index is 0.113. The van der Waals surface area contributed by atoms with Gasteiger partial charge in [0.25, 0.3) is 0 Å². The van der Waals surface area contributed by atoms with Gasteiger partial charge in [0.15, 0.2) is 11.6 Å². The Morgan fingerprint density at radius 1 is 1.14 bits per heavy atom. The number of ketones is 1. The summed E-state index contributed by atoms with van der Waals surface area (Å²) in [4.78, 5) is 26.8. The molecule has 1 aromatic carbocycles. The molecule has 3 aromatic rings. The molecule has 0 radical (unpaired) electrons. The number of carbonyl (C=O) groups is 1. The highest BCUT2D eigenvalue weighted by molar-refractivity contribution is 6.10. The summed E-state index contributed by atoms with van der Waals surface area (Å²) in [6.07, 6.45) is 8.95. The monoisotopic (exact) mass is 375 g/mol. The largest absolute Gasteiger partial charge is 0.366 e. The summed E-state index contributed by atoms with van der Waals surface area (Å²) in [6, 6.07) is 6.23.